The lowest BCUT2D eigenvalue weighted by Gasteiger charge is -2.31. The summed E-state index contributed by atoms with van der Waals surface area (Å²) in [5.74, 6) is 0. The van der Waals surface area contributed by atoms with Crippen molar-refractivity contribution in [2.45, 2.75) is 45.2 Å². The largest absolute Gasteiger partial charge is 0.395 e. The maximum atomic E-state index is 9.31. The molecule has 1 aromatic rings. The molecule has 3 heteroatoms. The van der Waals surface area contributed by atoms with Gasteiger partial charge in [-0.25, -0.2) is 0 Å². The topological polar surface area (TPSA) is 35.5 Å². The van der Waals surface area contributed by atoms with E-state index in [0.29, 0.717) is 6.04 Å². The van der Waals surface area contributed by atoms with Crippen LogP contribution >= 0.6 is 0 Å². The molecule has 19 heavy (non-hydrogen) atoms. The summed E-state index contributed by atoms with van der Waals surface area (Å²) in [6.45, 7) is 4.06. The van der Waals surface area contributed by atoms with Gasteiger partial charge in [0.2, 0.25) is 0 Å². The molecule has 0 heterocycles. The van der Waals surface area contributed by atoms with Crippen molar-refractivity contribution in [2.75, 3.05) is 25.1 Å². The molecule has 0 aromatic heterocycles. The molecule has 1 fully saturated rings. The maximum Gasteiger partial charge on any atom is 0.0606 e. The van der Waals surface area contributed by atoms with E-state index >= 15 is 0 Å². The highest BCUT2D eigenvalue weighted by molar-refractivity contribution is 5.52. The number of hydrogen-bond acceptors (Lipinski definition) is 3. The predicted octanol–water partition coefficient (Wildman–Crippen LogP) is 2.46. The van der Waals surface area contributed by atoms with Gasteiger partial charge in [0.05, 0.1) is 6.61 Å². The lowest BCUT2D eigenvalue weighted by molar-refractivity contribution is 0.297. The van der Waals surface area contributed by atoms with Gasteiger partial charge in [0, 0.05) is 24.8 Å². The summed E-state index contributed by atoms with van der Waals surface area (Å²) < 4.78 is 0. The molecule has 0 saturated heterocycles. The summed E-state index contributed by atoms with van der Waals surface area (Å²) in [5, 5.41) is 12.5. The van der Waals surface area contributed by atoms with Crippen LogP contribution in [-0.2, 0) is 6.54 Å². The SMILES string of the molecule is CNCc1ccc(N(CCO)C2CCCC2)cc1C. The molecule has 1 aromatic carbocycles. The number of rotatable bonds is 6. The van der Waals surface area contributed by atoms with Crippen LogP contribution in [0.4, 0.5) is 5.69 Å². The Kier molecular flexibility index (Phi) is 5.23. The van der Waals surface area contributed by atoms with Crippen molar-refractivity contribution < 1.29 is 5.11 Å². The second kappa shape index (κ2) is 6.92. The first-order valence-corrected chi connectivity index (χ1v) is 7.38. The number of nitrogens with one attached hydrogen (secondary N) is 1. The van der Waals surface area contributed by atoms with Crippen molar-refractivity contribution in [2.24, 2.45) is 0 Å². The van der Waals surface area contributed by atoms with Crippen LogP contribution in [0, 0.1) is 6.92 Å². The molecule has 0 amide bonds. The first kappa shape index (κ1) is 14.4. The summed E-state index contributed by atoms with van der Waals surface area (Å²) in [6, 6.07) is 7.29. The predicted molar refractivity (Wildman–Crippen MR) is 80.6 cm³/mol. The fourth-order valence-corrected chi connectivity index (χ4v) is 3.09. The van der Waals surface area contributed by atoms with Gasteiger partial charge in [0.1, 0.15) is 0 Å². The van der Waals surface area contributed by atoms with Gasteiger partial charge in [-0.2, -0.15) is 0 Å². The highest BCUT2D eigenvalue weighted by Gasteiger charge is 2.22. The van der Waals surface area contributed by atoms with Crippen molar-refractivity contribution in [1.82, 2.24) is 5.32 Å². The van der Waals surface area contributed by atoms with Crippen LogP contribution in [-0.4, -0.2) is 31.3 Å². The molecule has 2 rings (SSSR count). The molecule has 0 radical (unpaired) electrons. The monoisotopic (exact) mass is 262 g/mol. The van der Waals surface area contributed by atoms with Gasteiger partial charge >= 0.3 is 0 Å². The molecule has 1 aliphatic carbocycles. The highest BCUT2D eigenvalue weighted by atomic mass is 16.3. The third kappa shape index (κ3) is 3.48. The number of hydrogen-bond donors (Lipinski definition) is 2. The Labute approximate surface area is 116 Å². The Balaban J connectivity index is 2.18. The molecule has 1 saturated carbocycles. The Morgan fingerprint density at radius 1 is 1.32 bits per heavy atom. The minimum Gasteiger partial charge on any atom is -0.395 e. The lowest BCUT2D eigenvalue weighted by atomic mass is 10.1. The average molecular weight is 262 g/mol. The zero-order chi connectivity index (χ0) is 13.7. The highest BCUT2D eigenvalue weighted by Crippen LogP contribution is 2.29. The van der Waals surface area contributed by atoms with E-state index in [0.717, 1.165) is 13.1 Å². The summed E-state index contributed by atoms with van der Waals surface area (Å²) in [7, 11) is 1.98. The van der Waals surface area contributed by atoms with Gasteiger partial charge in [-0.3, -0.25) is 0 Å². The number of aryl methyl sites for hydroxylation is 1. The van der Waals surface area contributed by atoms with E-state index in [2.05, 4.69) is 35.3 Å². The Bertz CT molecular complexity index is 400. The molecule has 0 bridgehead atoms. The number of anilines is 1. The van der Waals surface area contributed by atoms with Gasteiger partial charge in [0.25, 0.3) is 0 Å². The molecule has 0 unspecified atom stereocenters. The second-order valence-electron chi connectivity index (χ2n) is 5.50. The molecule has 0 atom stereocenters. The molecule has 0 spiro atoms. The lowest BCUT2D eigenvalue weighted by Crippen LogP contribution is -2.35. The standard InChI is InChI=1S/C16H26N2O/c1-13-11-16(8-7-14(13)12-17-2)18(9-10-19)15-5-3-4-6-15/h7-8,11,15,17,19H,3-6,9-10,12H2,1-2H3. The van der Waals surface area contributed by atoms with Crippen LogP contribution in [0.15, 0.2) is 18.2 Å². The van der Waals surface area contributed by atoms with E-state index in [1.807, 2.05) is 7.05 Å². The van der Waals surface area contributed by atoms with E-state index in [1.54, 1.807) is 0 Å². The summed E-state index contributed by atoms with van der Waals surface area (Å²) in [6.07, 6.45) is 5.17. The van der Waals surface area contributed by atoms with E-state index < -0.39 is 0 Å². The minimum absolute atomic E-state index is 0.230. The van der Waals surface area contributed by atoms with Gasteiger partial charge in [-0.05, 0) is 50.1 Å². The van der Waals surface area contributed by atoms with Crippen LogP contribution in [0.1, 0.15) is 36.8 Å². The van der Waals surface area contributed by atoms with Crippen LogP contribution in [0.5, 0.6) is 0 Å². The number of nitrogens with zero attached hydrogens (tertiary/aromatic N) is 1. The van der Waals surface area contributed by atoms with Crippen molar-refractivity contribution in [1.29, 1.82) is 0 Å². The molecule has 3 nitrogen and oxygen atoms in total. The quantitative estimate of drug-likeness (QED) is 0.826. The normalized spacial score (nSPS) is 15.9. The van der Waals surface area contributed by atoms with E-state index in [9.17, 15) is 5.11 Å². The smallest absolute Gasteiger partial charge is 0.0606 e. The van der Waals surface area contributed by atoms with Gasteiger partial charge < -0.3 is 15.3 Å². The van der Waals surface area contributed by atoms with Gasteiger partial charge in [0.15, 0.2) is 0 Å². The fourth-order valence-electron chi connectivity index (χ4n) is 3.09. The Hall–Kier alpha value is -1.06. The van der Waals surface area contributed by atoms with Crippen molar-refractivity contribution in [3.63, 3.8) is 0 Å². The van der Waals surface area contributed by atoms with Crippen LogP contribution in [0.2, 0.25) is 0 Å². The number of benzene rings is 1. The second-order valence-corrected chi connectivity index (χ2v) is 5.50. The summed E-state index contributed by atoms with van der Waals surface area (Å²) >= 11 is 0. The Morgan fingerprint density at radius 2 is 2.05 bits per heavy atom. The van der Waals surface area contributed by atoms with Crippen LogP contribution < -0.4 is 10.2 Å². The number of aliphatic hydroxyl groups excluding tert-OH is 1. The molecule has 106 valence electrons. The minimum atomic E-state index is 0.230. The summed E-state index contributed by atoms with van der Waals surface area (Å²) in [4.78, 5) is 2.39. The Morgan fingerprint density at radius 3 is 2.63 bits per heavy atom. The van der Waals surface area contributed by atoms with Gasteiger partial charge in [-0.15, -0.1) is 0 Å². The zero-order valence-electron chi connectivity index (χ0n) is 12.2. The van der Waals surface area contributed by atoms with Crippen molar-refractivity contribution in [3.05, 3.63) is 29.3 Å². The molecule has 0 aliphatic heterocycles. The fraction of sp³-hybridized carbons (Fsp3) is 0.625. The third-order valence-corrected chi connectivity index (χ3v) is 4.13. The van der Waals surface area contributed by atoms with E-state index in [1.165, 1.54) is 42.5 Å². The van der Waals surface area contributed by atoms with E-state index in [4.69, 9.17) is 0 Å². The maximum absolute atomic E-state index is 9.31. The molecular formula is C16H26N2O. The third-order valence-electron chi connectivity index (χ3n) is 4.13. The number of aliphatic hydroxyl groups is 1. The first-order valence-electron chi connectivity index (χ1n) is 7.38. The van der Waals surface area contributed by atoms with Crippen LogP contribution in [0.25, 0.3) is 0 Å². The molecular weight excluding hydrogens is 236 g/mol. The average Bonchev–Trinajstić information content (AvgIpc) is 2.92. The van der Waals surface area contributed by atoms with Crippen molar-refractivity contribution >= 4 is 5.69 Å². The van der Waals surface area contributed by atoms with E-state index in [-0.39, 0.29) is 6.61 Å². The molecule has 2 N–H and O–H groups in total. The molecule has 1 aliphatic rings. The van der Waals surface area contributed by atoms with Gasteiger partial charge in [-0.1, -0.05) is 18.9 Å². The summed E-state index contributed by atoms with van der Waals surface area (Å²) in [5.41, 5.74) is 3.94. The zero-order valence-corrected chi connectivity index (χ0v) is 12.2. The first-order chi connectivity index (χ1) is 9.26. The van der Waals surface area contributed by atoms with Crippen molar-refractivity contribution in [3.8, 4) is 0 Å². The van der Waals surface area contributed by atoms with Crippen LogP contribution in [0.3, 0.4) is 0 Å².